The standard InChI is InChI=1S/C7H12N6O4/c1-3(14)5(6(15)16)9-7(17)8-2-4-10-12-13-11-4/h3,5,14H,2H2,1H3,(H,15,16)(H2,8,9,17)(H,10,11,12,13)/t3-,5+/m1/s1. The number of aliphatic hydroxyl groups is 1. The molecule has 17 heavy (non-hydrogen) atoms. The molecular formula is C7H12N6O4. The van der Waals surface area contributed by atoms with Crippen LogP contribution in [0, 0.1) is 0 Å². The molecule has 0 bridgehead atoms. The number of aliphatic hydroxyl groups excluding tert-OH is 1. The Morgan fingerprint density at radius 3 is 2.71 bits per heavy atom. The van der Waals surface area contributed by atoms with Crippen LogP contribution in [0.2, 0.25) is 0 Å². The summed E-state index contributed by atoms with van der Waals surface area (Å²) in [5.41, 5.74) is 0. The molecule has 0 fully saturated rings. The number of nitrogens with one attached hydrogen (secondary N) is 3. The lowest BCUT2D eigenvalue weighted by molar-refractivity contribution is -0.141. The molecule has 10 nitrogen and oxygen atoms in total. The molecule has 0 saturated heterocycles. The van der Waals surface area contributed by atoms with Crippen LogP contribution in [0.25, 0.3) is 0 Å². The number of hydrogen-bond acceptors (Lipinski definition) is 6. The third-order valence-electron chi connectivity index (χ3n) is 1.83. The van der Waals surface area contributed by atoms with Crippen LogP contribution in [0.4, 0.5) is 4.79 Å². The fourth-order valence-electron chi connectivity index (χ4n) is 0.998. The van der Waals surface area contributed by atoms with Gasteiger partial charge in [-0.25, -0.2) is 9.59 Å². The molecule has 1 heterocycles. The zero-order valence-corrected chi connectivity index (χ0v) is 8.91. The van der Waals surface area contributed by atoms with Gasteiger partial charge in [0.05, 0.1) is 12.6 Å². The molecule has 0 aliphatic carbocycles. The normalized spacial score (nSPS) is 13.8. The van der Waals surface area contributed by atoms with Gasteiger partial charge in [0.25, 0.3) is 0 Å². The van der Waals surface area contributed by atoms with E-state index in [-0.39, 0.29) is 12.4 Å². The van der Waals surface area contributed by atoms with Crippen molar-refractivity contribution in [1.82, 2.24) is 31.3 Å². The summed E-state index contributed by atoms with van der Waals surface area (Å²) < 4.78 is 0. The number of hydrogen-bond donors (Lipinski definition) is 5. The number of aliphatic carboxylic acids is 1. The van der Waals surface area contributed by atoms with Crippen molar-refractivity contribution >= 4 is 12.0 Å². The van der Waals surface area contributed by atoms with Gasteiger partial charge in [0.2, 0.25) is 0 Å². The van der Waals surface area contributed by atoms with E-state index in [0.717, 1.165) is 0 Å². The molecule has 2 amide bonds. The topological polar surface area (TPSA) is 153 Å². The van der Waals surface area contributed by atoms with Gasteiger partial charge in [-0.1, -0.05) is 5.21 Å². The molecule has 1 aromatic rings. The Labute approximate surface area is 95.4 Å². The van der Waals surface area contributed by atoms with Gasteiger partial charge in [0.15, 0.2) is 11.9 Å². The quantitative estimate of drug-likeness (QED) is 0.395. The maximum Gasteiger partial charge on any atom is 0.328 e. The second kappa shape index (κ2) is 5.75. The summed E-state index contributed by atoms with van der Waals surface area (Å²) in [6.45, 7) is 1.26. The number of carboxylic acid groups (broad SMARTS) is 1. The smallest absolute Gasteiger partial charge is 0.328 e. The molecule has 0 aromatic carbocycles. The molecule has 94 valence electrons. The maximum absolute atomic E-state index is 11.3. The van der Waals surface area contributed by atoms with Crippen LogP contribution in [0.3, 0.4) is 0 Å². The van der Waals surface area contributed by atoms with Crippen molar-refractivity contribution in [2.45, 2.75) is 25.6 Å². The predicted molar refractivity (Wildman–Crippen MR) is 52.7 cm³/mol. The van der Waals surface area contributed by atoms with Crippen LogP contribution in [-0.4, -0.2) is 55.0 Å². The monoisotopic (exact) mass is 244 g/mol. The summed E-state index contributed by atoms with van der Waals surface area (Å²) in [6, 6.07) is -2.12. The van der Waals surface area contributed by atoms with Gasteiger partial charge in [-0.3, -0.25) is 0 Å². The molecular weight excluding hydrogens is 232 g/mol. The van der Waals surface area contributed by atoms with E-state index in [4.69, 9.17) is 10.2 Å². The fourth-order valence-corrected chi connectivity index (χ4v) is 0.998. The first-order valence-electron chi connectivity index (χ1n) is 4.68. The second-order valence-electron chi connectivity index (χ2n) is 3.21. The van der Waals surface area contributed by atoms with Gasteiger partial charge in [0.1, 0.15) is 0 Å². The average molecular weight is 244 g/mol. The van der Waals surface area contributed by atoms with E-state index >= 15 is 0 Å². The highest BCUT2D eigenvalue weighted by molar-refractivity contribution is 5.82. The van der Waals surface area contributed by atoms with Crippen molar-refractivity contribution in [3.63, 3.8) is 0 Å². The lowest BCUT2D eigenvalue weighted by atomic mass is 10.2. The third kappa shape index (κ3) is 4.03. The number of carbonyl (C=O) groups is 2. The number of nitrogens with zero attached hydrogens (tertiary/aromatic N) is 3. The molecule has 0 saturated carbocycles. The van der Waals surface area contributed by atoms with Gasteiger partial charge >= 0.3 is 12.0 Å². The number of rotatable bonds is 5. The van der Waals surface area contributed by atoms with Crippen LogP contribution in [0.1, 0.15) is 12.7 Å². The highest BCUT2D eigenvalue weighted by Gasteiger charge is 2.24. The third-order valence-corrected chi connectivity index (χ3v) is 1.83. The maximum atomic E-state index is 11.3. The molecule has 0 unspecified atom stereocenters. The molecule has 1 aromatic heterocycles. The zero-order valence-electron chi connectivity index (χ0n) is 8.91. The Hall–Kier alpha value is -2.23. The lowest BCUT2D eigenvalue weighted by Gasteiger charge is -2.16. The first-order chi connectivity index (χ1) is 8.00. The molecule has 10 heteroatoms. The van der Waals surface area contributed by atoms with Crippen LogP contribution in [-0.2, 0) is 11.3 Å². The van der Waals surface area contributed by atoms with Gasteiger partial charge < -0.3 is 20.8 Å². The van der Waals surface area contributed by atoms with Crippen molar-refractivity contribution in [2.24, 2.45) is 0 Å². The Kier molecular flexibility index (Phi) is 4.34. The van der Waals surface area contributed by atoms with Gasteiger partial charge in [-0.15, -0.1) is 10.2 Å². The molecule has 0 aliphatic rings. The molecule has 5 N–H and O–H groups in total. The van der Waals surface area contributed by atoms with E-state index < -0.39 is 24.1 Å². The first-order valence-corrected chi connectivity index (χ1v) is 4.68. The average Bonchev–Trinajstić information content (AvgIpc) is 2.74. The number of urea groups is 1. The number of tetrazole rings is 1. The Morgan fingerprint density at radius 1 is 1.53 bits per heavy atom. The highest BCUT2D eigenvalue weighted by Crippen LogP contribution is 1.93. The number of aromatic nitrogens is 4. The minimum Gasteiger partial charge on any atom is -0.480 e. The van der Waals surface area contributed by atoms with Crippen LogP contribution in [0.15, 0.2) is 0 Å². The zero-order chi connectivity index (χ0) is 12.8. The molecule has 0 spiro atoms. The SMILES string of the molecule is C[C@@H](O)[C@H](NC(=O)NCc1nn[nH]n1)C(=O)O. The van der Waals surface area contributed by atoms with Gasteiger partial charge in [0, 0.05) is 0 Å². The lowest BCUT2D eigenvalue weighted by Crippen LogP contribution is -2.51. The van der Waals surface area contributed by atoms with Crippen LogP contribution < -0.4 is 10.6 Å². The Balaban J connectivity index is 2.40. The van der Waals surface area contributed by atoms with Crippen LogP contribution in [0.5, 0.6) is 0 Å². The summed E-state index contributed by atoms with van der Waals surface area (Å²) in [6.07, 6.45) is -1.21. The number of amides is 2. The van der Waals surface area contributed by atoms with E-state index in [0.29, 0.717) is 0 Å². The van der Waals surface area contributed by atoms with E-state index in [1.165, 1.54) is 6.92 Å². The van der Waals surface area contributed by atoms with Crippen molar-refractivity contribution in [3.05, 3.63) is 5.82 Å². The largest absolute Gasteiger partial charge is 0.480 e. The van der Waals surface area contributed by atoms with Gasteiger partial charge in [-0.05, 0) is 6.92 Å². The molecule has 0 aliphatic heterocycles. The second-order valence-corrected chi connectivity index (χ2v) is 3.21. The summed E-state index contributed by atoms with van der Waals surface area (Å²) in [5.74, 6) is -1.07. The summed E-state index contributed by atoms with van der Waals surface area (Å²) in [5, 5.41) is 34.9. The predicted octanol–water partition coefficient (Wildman–Crippen LogP) is -2.17. The Morgan fingerprint density at radius 2 is 2.24 bits per heavy atom. The fraction of sp³-hybridized carbons (Fsp3) is 0.571. The van der Waals surface area contributed by atoms with Crippen molar-refractivity contribution in [1.29, 1.82) is 0 Å². The van der Waals surface area contributed by atoms with Crippen LogP contribution >= 0.6 is 0 Å². The van der Waals surface area contributed by atoms with E-state index in [9.17, 15) is 9.59 Å². The molecule has 1 rings (SSSR count). The summed E-state index contributed by atoms with van der Waals surface area (Å²) in [4.78, 5) is 21.9. The van der Waals surface area contributed by atoms with Crippen molar-refractivity contribution in [2.75, 3.05) is 0 Å². The number of H-pyrrole nitrogens is 1. The number of carboxylic acids is 1. The van der Waals surface area contributed by atoms with Crippen molar-refractivity contribution < 1.29 is 19.8 Å². The minimum atomic E-state index is -1.37. The highest BCUT2D eigenvalue weighted by atomic mass is 16.4. The van der Waals surface area contributed by atoms with Crippen molar-refractivity contribution in [3.8, 4) is 0 Å². The number of aromatic amines is 1. The molecule has 0 radical (unpaired) electrons. The minimum absolute atomic E-state index is 0.00547. The first kappa shape index (κ1) is 12.8. The summed E-state index contributed by atoms with van der Waals surface area (Å²) in [7, 11) is 0. The van der Waals surface area contributed by atoms with E-state index in [1.54, 1.807) is 0 Å². The van der Waals surface area contributed by atoms with E-state index in [1.807, 2.05) is 0 Å². The summed E-state index contributed by atoms with van der Waals surface area (Å²) >= 11 is 0. The molecule has 2 atom stereocenters. The van der Waals surface area contributed by atoms with E-state index in [2.05, 4.69) is 31.3 Å². The number of carbonyl (C=O) groups excluding carboxylic acids is 1. The Bertz CT molecular complexity index is 378. The van der Waals surface area contributed by atoms with Gasteiger partial charge in [-0.2, -0.15) is 5.21 Å².